The van der Waals surface area contributed by atoms with Crippen molar-refractivity contribution in [1.29, 1.82) is 0 Å². The average molecular weight is 250 g/mol. The predicted octanol–water partition coefficient (Wildman–Crippen LogP) is 3.55. The molecule has 0 amide bonds. The molecule has 5 heteroatoms. The van der Waals surface area contributed by atoms with Gasteiger partial charge in [0.05, 0.1) is 11.9 Å². The fourth-order valence-corrected chi connectivity index (χ4v) is 1.36. The van der Waals surface area contributed by atoms with Gasteiger partial charge in [-0.25, -0.2) is 13.2 Å². The van der Waals surface area contributed by atoms with Gasteiger partial charge >= 0.3 is 0 Å². The van der Waals surface area contributed by atoms with Gasteiger partial charge < -0.3 is 0 Å². The molecular formula is C13H9F3N2. The zero-order chi connectivity index (χ0) is 13.0. The van der Waals surface area contributed by atoms with Crippen molar-refractivity contribution in [2.75, 3.05) is 5.43 Å². The third-order valence-electron chi connectivity index (χ3n) is 2.19. The SMILES string of the molecule is Fc1cc(F)c(F)c(C=NNc2ccccc2)c1. The molecule has 0 fully saturated rings. The van der Waals surface area contributed by atoms with E-state index in [0.717, 1.165) is 12.3 Å². The Bertz CT molecular complexity index is 568. The van der Waals surface area contributed by atoms with E-state index in [4.69, 9.17) is 0 Å². The zero-order valence-corrected chi connectivity index (χ0v) is 9.20. The van der Waals surface area contributed by atoms with Gasteiger partial charge in [-0.3, -0.25) is 5.43 Å². The van der Waals surface area contributed by atoms with Gasteiger partial charge in [-0.2, -0.15) is 5.10 Å². The van der Waals surface area contributed by atoms with Gasteiger partial charge in [0, 0.05) is 11.6 Å². The molecule has 2 nitrogen and oxygen atoms in total. The summed E-state index contributed by atoms with van der Waals surface area (Å²) < 4.78 is 39.0. The van der Waals surface area contributed by atoms with Crippen molar-refractivity contribution in [3.05, 3.63) is 65.5 Å². The maximum Gasteiger partial charge on any atom is 0.167 e. The van der Waals surface area contributed by atoms with E-state index in [1.165, 1.54) is 0 Å². The first-order chi connectivity index (χ1) is 8.66. The highest BCUT2D eigenvalue weighted by molar-refractivity contribution is 5.80. The van der Waals surface area contributed by atoms with E-state index in [1.54, 1.807) is 24.3 Å². The molecule has 0 unspecified atom stereocenters. The van der Waals surface area contributed by atoms with Crippen molar-refractivity contribution in [1.82, 2.24) is 0 Å². The van der Waals surface area contributed by atoms with Crippen LogP contribution in [0, 0.1) is 17.5 Å². The van der Waals surface area contributed by atoms with Crippen molar-refractivity contribution in [3.8, 4) is 0 Å². The fourth-order valence-electron chi connectivity index (χ4n) is 1.36. The summed E-state index contributed by atoms with van der Waals surface area (Å²) in [5.41, 5.74) is 3.05. The van der Waals surface area contributed by atoms with Gasteiger partial charge in [0.2, 0.25) is 0 Å². The van der Waals surface area contributed by atoms with Crippen LogP contribution in [0.4, 0.5) is 18.9 Å². The number of hydrogen-bond donors (Lipinski definition) is 1. The van der Waals surface area contributed by atoms with Crippen molar-refractivity contribution in [2.45, 2.75) is 0 Å². The Morgan fingerprint density at radius 3 is 2.44 bits per heavy atom. The lowest BCUT2D eigenvalue weighted by atomic mass is 10.2. The second-order valence-corrected chi connectivity index (χ2v) is 3.53. The highest BCUT2D eigenvalue weighted by Gasteiger charge is 2.08. The minimum atomic E-state index is -1.24. The molecule has 18 heavy (non-hydrogen) atoms. The number of hydrogen-bond acceptors (Lipinski definition) is 2. The fraction of sp³-hybridized carbons (Fsp3) is 0. The molecule has 0 bridgehead atoms. The van der Waals surface area contributed by atoms with Crippen LogP contribution in [0.25, 0.3) is 0 Å². The lowest BCUT2D eigenvalue weighted by Crippen LogP contribution is -1.97. The van der Waals surface area contributed by atoms with E-state index < -0.39 is 17.5 Å². The number of nitrogens with zero attached hydrogens (tertiary/aromatic N) is 1. The summed E-state index contributed by atoms with van der Waals surface area (Å²) in [4.78, 5) is 0. The second-order valence-electron chi connectivity index (χ2n) is 3.53. The molecule has 0 aromatic heterocycles. The zero-order valence-electron chi connectivity index (χ0n) is 9.20. The van der Waals surface area contributed by atoms with E-state index in [1.807, 2.05) is 6.07 Å². The summed E-state index contributed by atoms with van der Waals surface area (Å²) in [6, 6.07) is 10.3. The van der Waals surface area contributed by atoms with E-state index >= 15 is 0 Å². The van der Waals surface area contributed by atoms with Crippen LogP contribution in [-0.2, 0) is 0 Å². The van der Waals surface area contributed by atoms with Crippen LogP contribution in [0.3, 0.4) is 0 Å². The number of halogens is 3. The summed E-state index contributed by atoms with van der Waals surface area (Å²) in [5, 5.41) is 3.71. The smallest absolute Gasteiger partial charge is 0.167 e. The molecule has 92 valence electrons. The maximum absolute atomic E-state index is 13.2. The first-order valence-corrected chi connectivity index (χ1v) is 5.15. The Labute approximate surface area is 102 Å². The first-order valence-electron chi connectivity index (χ1n) is 5.15. The average Bonchev–Trinajstić information content (AvgIpc) is 2.36. The molecule has 2 aromatic carbocycles. The summed E-state index contributed by atoms with van der Waals surface area (Å²) in [7, 11) is 0. The topological polar surface area (TPSA) is 24.4 Å². The summed E-state index contributed by atoms with van der Waals surface area (Å²) >= 11 is 0. The number of benzene rings is 2. The molecule has 0 aliphatic heterocycles. The molecule has 0 spiro atoms. The number of anilines is 1. The third-order valence-corrected chi connectivity index (χ3v) is 2.19. The maximum atomic E-state index is 13.2. The highest BCUT2D eigenvalue weighted by atomic mass is 19.2. The normalized spacial score (nSPS) is 10.8. The molecule has 0 aliphatic carbocycles. The number of rotatable bonds is 3. The van der Waals surface area contributed by atoms with Crippen molar-refractivity contribution in [2.24, 2.45) is 5.10 Å². The minimum Gasteiger partial charge on any atom is -0.279 e. The summed E-state index contributed by atoms with van der Waals surface area (Å²) in [6.45, 7) is 0. The molecule has 2 aromatic rings. The second kappa shape index (κ2) is 5.35. The Kier molecular flexibility index (Phi) is 3.62. The van der Waals surface area contributed by atoms with Gasteiger partial charge in [-0.1, -0.05) is 18.2 Å². The molecule has 0 saturated heterocycles. The molecule has 0 atom stereocenters. The van der Waals surface area contributed by atoms with Crippen LogP contribution in [0.5, 0.6) is 0 Å². The van der Waals surface area contributed by atoms with Crippen molar-refractivity contribution < 1.29 is 13.2 Å². The molecule has 0 radical (unpaired) electrons. The molecule has 0 saturated carbocycles. The van der Waals surface area contributed by atoms with Gasteiger partial charge in [0.25, 0.3) is 0 Å². The summed E-state index contributed by atoms with van der Waals surface area (Å²) in [6.07, 6.45) is 1.02. The third kappa shape index (κ3) is 2.88. The van der Waals surface area contributed by atoms with E-state index in [2.05, 4.69) is 10.5 Å². The van der Waals surface area contributed by atoms with Crippen molar-refractivity contribution in [3.63, 3.8) is 0 Å². The van der Waals surface area contributed by atoms with Gasteiger partial charge in [-0.15, -0.1) is 0 Å². The molecule has 2 rings (SSSR count). The predicted molar refractivity (Wildman–Crippen MR) is 64.0 cm³/mol. The van der Waals surface area contributed by atoms with Crippen LogP contribution in [0.15, 0.2) is 47.6 Å². The van der Waals surface area contributed by atoms with Crippen LogP contribution in [-0.4, -0.2) is 6.21 Å². The van der Waals surface area contributed by atoms with Crippen LogP contribution < -0.4 is 5.43 Å². The number of hydrazone groups is 1. The van der Waals surface area contributed by atoms with Gasteiger partial charge in [0.15, 0.2) is 11.6 Å². The first kappa shape index (κ1) is 12.2. The Hall–Kier alpha value is -2.30. The lowest BCUT2D eigenvalue weighted by Gasteiger charge is -2.00. The quantitative estimate of drug-likeness (QED) is 0.503. The van der Waals surface area contributed by atoms with E-state index in [-0.39, 0.29) is 5.56 Å². The Morgan fingerprint density at radius 2 is 1.72 bits per heavy atom. The van der Waals surface area contributed by atoms with Crippen molar-refractivity contribution >= 4 is 11.9 Å². The lowest BCUT2D eigenvalue weighted by molar-refractivity contribution is 0.494. The molecule has 1 N–H and O–H groups in total. The van der Waals surface area contributed by atoms with Crippen LogP contribution in [0.1, 0.15) is 5.56 Å². The van der Waals surface area contributed by atoms with Gasteiger partial charge in [-0.05, 0) is 18.2 Å². The Balaban J connectivity index is 2.15. The van der Waals surface area contributed by atoms with Crippen LogP contribution >= 0.6 is 0 Å². The largest absolute Gasteiger partial charge is 0.279 e. The summed E-state index contributed by atoms with van der Waals surface area (Å²) in [5.74, 6) is -3.22. The number of nitrogens with one attached hydrogen (secondary N) is 1. The van der Waals surface area contributed by atoms with Crippen LogP contribution in [0.2, 0.25) is 0 Å². The molecule has 0 aliphatic rings. The standard InChI is InChI=1S/C13H9F3N2/c14-10-6-9(13(16)12(15)7-10)8-17-18-11-4-2-1-3-5-11/h1-8,18H. The van der Waals surface area contributed by atoms with Gasteiger partial charge in [0.1, 0.15) is 5.82 Å². The Morgan fingerprint density at radius 1 is 1.00 bits per heavy atom. The van der Waals surface area contributed by atoms with E-state index in [0.29, 0.717) is 11.8 Å². The minimum absolute atomic E-state index is 0.254. The molecule has 0 heterocycles. The monoisotopic (exact) mass is 250 g/mol. The molecular weight excluding hydrogens is 241 g/mol. The number of para-hydroxylation sites is 1. The van der Waals surface area contributed by atoms with E-state index in [9.17, 15) is 13.2 Å². The highest BCUT2D eigenvalue weighted by Crippen LogP contribution is 2.12.